The van der Waals surface area contributed by atoms with Gasteiger partial charge in [-0.1, -0.05) is 37.6 Å². The van der Waals surface area contributed by atoms with Crippen molar-refractivity contribution in [3.63, 3.8) is 0 Å². The lowest BCUT2D eigenvalue weighted by atomic mass is 9.95. The van der Waals surface area contributed by atoms with Crippen molar-refractivity contribution in [3.05, 3.63) is 65.2 Å². The van der Waals surface area contributed by atoms with Crippen LogP contribution < -0.4 is 4.74 Å². The molecule has 2 aromatic rings. The first-order chi connectivity index (χ1) is 11.2. The van der Waals surface area contributed by atoms with Crippen LogP contribution in [0.1, 0.15) is 52.5 Å². The van der Waals surface area contributed by atoms with Crippen molar-refractivity contribution in [1.82, 2.24) is 0 Å². The monoisotopic (exact) mass is 310 g/mol. The lowest BCUT2D eigenvalue weighted by Gasteiger charge is -2.08. The summed E-state index contributed by atoms with van der Waals surface area (Å²) in [6, 6.07) is 14.4. The second kappa shape index (κ2) is 8.28. The molecule has 0 aliphatic heterocycles. The molecule has 0 amide bonds. The molecule has 0 aliphatic rings. The van der Waals surface area contributed by atoms with E-state index in [0.29, 0.717) is 16.9 Å². The summed E-state index contributed by atoms with van der Waals surface area (Å²) in [6.45, 7) is 2.12. The van der Waals surface area contributed by atoms with Crippen molar-refractivity contribution < 1.29 is 14.3 Å². The van der Waals surface area contributed by atoms with Crippen LogP contribution in [0, 0.1) is 0 Å². The van der Waals surface area contributed by atoms with Gasteiger partial charge in [-0.25, -0.2) is 0 Å². The molecule has 0 radical (unpaired) electrons. The lowest BCUT2D eigenvalue weighted by Crippen LogP contribution is -2.10. The smallest absolute Gasteiger partial charge is 0.170 e. The van der Waals surface area contributed by atoms with Crippen LogP contribution >= 0.6 is 0 Å². The number of ketones is 2. The van der Waals surface area contributed by atoms with E-state index in [4.69, 9.17) is 4.74 Å². The van der Waals surface area contributed by atoms with Crippen LogP contribution in [0.25, 0.3) is 0 Å². The Morgan fingerprint density at radius 2 is 1.65 bits per heavy atom. The van der Waals surface area contributed by atoms with Crippen LogP contribution in [0.15, 0.2) is 48.5 Å². The molecule has 0 bridgehead atoms. The molecule has 2 aromatic carbocycles. The molecular formula is C20H22O3. The standard InChI is InChI=1S/C20H22O3/c1-3-4-7-15-8-5-6-9-18(15)20(22)14-19(21)16-10-12-17(23-2)13-11-16/h5-6,8-13H,3-4,7,14H2,1-2H3. The summed E-state index contributed by atoms with van der Waals surface area (Å²) in [5.74, 6) is 0.415. The van der Waals surface area contributed by atoms with Crippen molar-refractivity contribution in [3.8, 4) is 5.75 Å². The van der Waals surface area contributed by atoms with E-state index in [1.54, 1.807) is 31.4 Å². The molecule has 0 saturated heterocycles. The Labute approximate surface area is 137 Å². The maximum atomic E-state index is 12.5. The minimum atomic E-state index is -0.164. The Hall–Kier alpha value is -2.42. The largest absolute Gasteiger partial charge is 0.497 e. The van der Waals surface area contributed by atoms with Gasteiger partial charge in [-0.2, -0.15) is 0 Å². The Balaban J connectivity index is 2.10. The predicted octanol–water partition coefficient (Wildman–Crippen LogP) is 4.49. The van der Waals surface area contributed by atoms with Crippen LogP contribution in [0.4, 0.5) is 0 Å². The third-order valence-electron chi connectivity index (χ3n) is 3.85. The summed E-state index contributed by atoms with van der Waals surface area (Å²) in [4.78, 5) is 24.8. The number of carbonyl (C=O) groups is 2. The molecule has 0 spiro atoms. The van der Waals surface area contributed by atoms with Gasteiger partial charge in [0.1, 0.15) is 5.75 Å². The van der Waals surface area contributed by atoms with Gasteiger partial charge in [-0.15, -0.1) is 0 Å². The highest BCUT2D eigenvalue weighted by Crippen LogP contribution is 2.17. The average molecular weight is 310 g/mol. The first kappa shape index (κ1) is 16.9. The zero-order valence-electron chi connectivity index (χ0n) is 13.7. The third-order valence-corrected chi connectivity index (χ3v) is 3.85. The maximum Gasteiger partial charge on any atom is 0.170 e. The number of aryl methyl sites for hydroxylation is 1. The van der Waals surface area contributed by atoms with E-state index in [-0.39, 0.29) is 18.0 Å². The Kier molecular flexibility index (Phi) is 6.10. The molecule has 3 nitrogen and oxygen atoms in total. The summed E-state index contributed by atoms with van der Waals surface area (Å²) in [7, 11) is 1.58. The number of Topliss-reactive ketones (excluding diaryl/α,β-unsaturated/α-hetero) is 2. The van der Waals surface area contributed by atoms with Crippen LogP contribution in [0.5, 0.6) is 5.75 Å². The Bertz CT molecular complexity index is 672. The van der Waals surface area contributed by atoms with Crippen molar-refractivity contribution in [2.24, 2.45) is 0 Å². The van der Waals surface area contributed by atoms with Crippen LogP contribution in [-0.2, 0) is 6.42 Å². The zero-order chi connectivity index (χ0) is 16.7. The molecule has 0 heterocycles. The molecule has 23 heavy (non-hydrogen) atoms. The molecule has 0 fully saturated rings. The number of unbranched alkanes of at least 4 members (excludes halogenated alkanes) is 1. The number of methoxy groups -OCH3 is 1. The third kappa shape index (κ3) is 4.52. The van der Waals surface area contributed by atoms with E-state index in [2.05, 4.69) is 6.92 Å². The van der Waals surface area contributed by atoms with Gasteiger partial charge in [-0.3, -0.25) is 9.59 Å². The summed E-state index contributed by atoms with van der Waals surface area (Å²) in [5, 5.41) is 0. The van der Waals surface area contributed by atoms with Gasteiger partial charge in [-0.05, 0) is 42.7 Å². The molecule has 0 unspecified atom stereocenters. The van der Waals surface area contributed by atoms with E-state index in [0.717, 1.165) is 24.8 Å². The molecule has 0 saturated carbocycles. The molecule has 0 N–H and O–H groups in total. The van der Waals surface area contributed by atoms with Crippen LogP contribution in [0.3, 0.4) is 0 Å². The average Bonchev–Trinajstić information content (AvgIpc) is 2.60. The van der Waals surface area contributed by atoms with E-state index >= 15 is 0 Å². The van der Waals surface area contributed by atoms with Crippen molar-refractivity contribution >= 4 is 11.6 Å². The molecule has 0 atom stereocenters. The Morgan fingerprint density at radius 3 is 2.30 bits per heavy atom. The van der Waals surface area contributed by atoms with E-state index in [1.165, 1.54) is 0 Å². The quantitative estimate of drug-likeness (QED) is 0.533. The lowest BCUT2D eigenvalue weighted by molar-refractivity contribution is 0.0894. The number of hydrogen-bond donors (Lipinski definition) is 0. The zero-order valence-corrected chi connectivity index (χ0v) is 13.7. The molecule has 0 aliphatic carbocycles. The Morgan fingerprint density at radius 1 is 0.957 bits per heavy atom. The SMILES string of the molecule is CCCCc1ccccc1C(=O)CC(=O)c1ccc(OC)cc1. The van der Waals surface area contributed by atoms with Gasteiger partial charge in [0.15, 0.2) is 11.6 Å². The second-order valence-corrected chi connectivity index (χ2v) is 5.51. The summed E-state index contributed by atoms with van der Waals surface area (Å²) in [6.07, 6.45) is 2.88. The highest BCUT2D eigenvalue weighted by atomic mass is 16.5. The molecule has 0 aromatic heterocycles. The number of carbonyl (C=O) groups excluding carboxylic acids is 2. The highest BCUT2D eigenvalue weighted by Gasteiger charge is 2.16. The van der Waals surface area contributed by atoms with E-state index in [9.17, 15) is 9.59 Å². The molecule has 120 valence electrons. The second-order valence-electron chi connectivity index (χ2n) is 5.51. The van der Waals surface area contributed by atoms with Crippen molar-refractivity contribution in [1.29, 1.82) is 0 Å². The summed E-state index contributed by atoms with van der Waals surface area (Å²) < 4.78 is 5.07. The fourth-order valence-corrected chi connectivity index (χ4v) is 2.50. The van der Waals surface area contributed by atoms with Gasteiger partial charge < -0.3 is 4.74 Å². The first-order valence-corrected chi connectivity index (χ1v) is 7.94. The van der Waals surface area contributed by atoms with Crippen molar-refractivity contribution in [2.45, 2.75) is 32.6 Å². The number of benzene rings is 2. The number of hydrogen-bond acceptors (Lipinski definition) is 3. The minimum absolute atomic E-state index is 0.102. The highest BCUT2D eigenvalue weighted by molar-refractivity contribution is 6.14. The fraction of sp³-hybridized carbons (Fsp3) is 0.300. The van der Waals surface area contributed by atoms with Gasteiger partial charge in [0.25, 0.3) is 0 Å². The minimum Gasteiger partial charge on any atom is -0.497 e. The van der Waals surface area contributed by atoms with Gasteiger partial charge in [0, 0.05) is 11.1 Å². The number of rotatable bonds is 8. The summed E-state index contributed by atoms with van der Waals surface area (Å²) >= 11 is 0. The fourth-order valence-electron chi connectivity index (χ4n) is 2.50. The van der Waals surface area contributed by atoms with Crippen molar-refractivity contribution in [2.75, 3.05) is 7.11 Å². The van der Waals surface area contributed by atoms with Gasteiger partial charge in [0.2, 0.25) is 0 Å². The van der Waals surface area contributed by atoms with Crippen LogP contribution in [-0.4, -0.2) is 18.7 Å². The van der Waals surface area contributed by atoms with Gasteiger partial charge in [0.05, 0.1) is 13.5 Å². The normalized spacial score (nSPS) is 10.3. The molecule has 2 rings (SSSR count). The van der Waals surface area contributed by atoms with Gasteiger partial charge >= 0.3 is 0 Å². The number of ether oxygens (including phenoxy) is 1. The molecule has 3 heteroatoms. The first-order valence-electron chi connectivity index (χ1n) is 7.94. The summed E-state index contributed by atoms with van der Waals surface area (Å²) in [5.41, 5.74) is 2.23. The van der Waals surface area contributed by atoms with E-state index in [1.807, 2.05) is 24.3 Å². The van der Waals surface area contributed by atoms with E-state index < -0.39 is 0 Å². The predicted molar refractivity (Wildman–Crippen MR) is 91.3 cm³/mol. The van der Waals surface area contributed by atoms with Crippen LogP contribution in [0.2, 0.25) is 0 Å². The topological polar surface area (TPSA) is 43.4 Å². The maximum absolute atomic E-state index is 12.5. The molecular weight excluding hydrogens is 288 g/mol.